The van der Waals surface area contributed by atoms with Crippen LogP contribution in [0.25, 0.3) is 0 Å². The number of hydrogen-bond donors (Lipinski definition) is 1. The minimum atomic E-state index is 0. The van der Waals surface area contributed by atoms with Gasteiger partial charge in [-0.05, 0) is 36.3 Å². The molecule has 0 radical (unpaired) electrons. The van der Waals surface area contributed by atoms with Crippen LogP contribution >= 0.6 is 12.4 Å². The smallest absolute Gasteiger partial charge is 0.253 e. The first kappa shape index (κ1) is 17.9. The summed E-state index contributed by atoms with van der Waals surface area (Å²) in [5, 5.41) is 0. The van der Waals surface area contributed by atoms with Gasteiger partial charge < -0.3 is 10.6 Å². The Hall–Kier alpha value is -1.13. The molecule has 1 aliphatic heterocycles. The van der Waals surface area contributed by atoms with Crippen LogP contribution in [0.4, 0.5) is 0 Å². The lowest BCUT2D eigenvalue weighted by Crippen LogP contribution is -2.41. The highest BCUT2D eigenvalue weighted by Crippen LogP contribution is 2.34. The summed E-state index contributed by atoms with van der Waals surface area (Å²) >= 11 is 0. The van der Waals surface area contributed by atoms with Crippen molar-refractivity contribution in [3.05, 3.63) is 29.6 Å². The zero-order chi connectivity index (χ0) is 14.8. The normalized spacial score (nSPS) is 16.5. The number of carbonyl (C=O) groups excluding carboxylic acids is 1. The molecule has 0 aromatic carbocycles. The number of aromatic nitrogens is 1. The molecule has 1 aromatic heterocycles. The van der Waals surface area contributed by atoms with Gasteiger partial charge in [0.1, 0.15) is 0 Å². The number of nitrogens with two attached hydrogens (primary N) is 1. The van der Waals surface area contributed by atoms with E-state index in [1.165, 1.54) is 0 Å². The van der Waals surface area contributed by atoms with Gasteiger partial charge in [-0.3, -0.25) is 9.78 Å². The second-order valence-corrected chi connectivity index (χ2v) is 6.67. The van der Waals surface area contributed by atoms with E-state index in [0.717, 1.165) is 31.6 Å². The van der Waals surface area contributed by atoms with E-state index < -0.39 is 0 Å². The topological polar surface area (TPSA) is 59.2 Å². The first-order chi connectivity index (χ1) is 9.41. The molecule has 0 unspecified atom stereocenters. The molecule has 1 saturated heterocycles. The summed E-state index contributed by atoms with van der Waals surface area (Å²) in [5.41, 5.74) is 7.38. The van der Waals surface area contributed by atoms with Gasteiger partial charge in [-0.25, -0.2) is 0 Å². The van der Waals surface area contributed by atoms with Gasteiger partial charge in [0.25, 0.3) is 5.91 Å². The summed E-state index contributed by atoms with van der Waals surface area (Å²) in [4.78, 5) is 18.6. The molecule has 21 heavy (non-hydrogen) atoms. The monoisotopic (exact) mass is 311 g/mol. The number of nitrogens with zero attached hydrogens (tertiary/aromatic N) is 2. The lowest BCUT2D eigenvalue weighted by atomic mass is 9.75. The van der Waals surface area contributed by atoms with Crippen LogP contribution < -0.4 is 5.73 Å². The third-order valence-electron chi connectivity index (χ3n) is 4.28. The zero-order valence-electron chi connectivity index (χ0n) is 13.1. The molecule has 0 atom stereocenters. The molecule has 0 aliphatic carbocycles. The van der Waals surface area contributed by atoms with Crippen molar-refractivity contribution in [2.24, 2.45) is 17.1 Å². The van der Waals surface area contributed by atoms with Gasteiger partial charge in [-0.1, -0.05) is 20.8 Å². The third kappa shape index (κ3) is 4.42. The molecule has 2 heterocycles. The molecule has 1 aliphatic rings. The summed E-state index contributed by atoms with van der Waals surface area (Å²) < 4.78 is 0. The van der Waals surface area contributed by atoms with Crippen molar-refractivity contribution in [1.82, 2.24) is 9.88 Å². The number of likely N-dealkylation sites (tertiary alicyclic amines) is 1. The molecule has 5 heteroatoms. The van der Waals surface area contributed by atoms with Gasteiger partial charge in [-0.15, -0.1) is 12.4 Å². The van der Waals surface area contributed by atoms with Gasteiger partial charge in [0.15, 0.2) is 0 Å². The van der Waals surface area contributed by atoms with Crippen LogP contribution in [0.5, 0.6) is 0 Å². The van der Waals surface area contributed by atoms with Crippen LogP contribution in [0.1, 0.15) is 49.7 Å². The van der Waals surface area contributed by atoms with Crippen molar-refractivity contribution in [1.29, 1.82) is 0 Å². The maximum atomic E-state index is 12.5. The van der Waals surface area contributed by atoms with E-state index in [9.17, 15) is 4.79 Å². The van der Waals surface area contributed by atoms with Crippen LogP contribution in [-0.2, 0) is 6.54 Å². The highest BCUT2D eigenvalue weighted by molar-refractivity contribution is 5.94. The van der Waals surface area contributed by atoms with E-state index in [0.29, 0.717) is 23.4 Å². The van der Waals surface area contributed by atoms with E-state index in [1.54, 1.807) is 18.3 Å². The van der Waals surface area contributed by atoms with E-state index in [4.69, 9.17) is 5.73 Å². The highest BCUT2D eigenvalue weighted by atomic mass is 35.5. The fourth-order valence-electron chi connectivity index (χ4n) is 2.85. The van der Waals surface area contributed by atoms with E-state index >= 15 is 0 Å². The molecule has 0 saturated carbocycles. The molecule has 1 aromatic rings. The van der Waals surface area contributed by atoms with Crippen molar-refractivity contribution in [3.8, 4) is 0 Å². The fourth-order valence-corrected chi connectivity index (χ4v) is 2.85. The average Bonchev–Trinajstić information content (AvgIpc) is 2.46. The Labute approximate surface area is 133 Å². The van der Waals surface area contributed by atoms with Gasteiger partial charge in [0.05, 0.1) is 5.69 Å². The number of halogens is 1. The first-order valence-corrected chi connectivity index (χ1v) is 7.36. The van der Waals surface area contributed by atoms with Crippen LogP contribution in [0.15, 0.2) is 18.3 Å². The second kappa shape index (κ2) is 7.23. The number of piperidine rings is 1. The summed E-state index contributed by atoms with van der Waals surface area (Å²) in [6.45, 7) is 8.91. The van der Waals surface area contributed by atoms with Crippen LogP contribution in [0.3, 0.4) is 0 Å². The quantitative estimate of drug-likeness (QED) is 0.913. The SMILES string of the molecule is CC(C)(C)C1CCN(C(=O)c2ccnc(CN)c2)CC1.Cl. The third-order valence-corrected chi connectivity index (χ3v) is 4.28. The summed E-state index contributed by atoms with van der Waals surface area (Å²) in [7, 11) is 0. The molecular weight excluding hydrogens is 286 g/mol. The zero-order valence-corrected chi connectivity index (χ0v) is 13.9. The Balaban J connectivity index is 0.00000220. The Bertz CT molecular complexity index is 477. The Morgan fingerprint density at radius 2 is 2.00 bits per heavy atom. The predicted octanol–water partition coefficient (Wildman–Crippen LogP) is 2.86. The Morgan fingerprint density at radius 3 is 2.52 bits per heavy atom. The standard InChI is InChI=1S/C16H25N3O.ClH/c1-16(2,3)13-5-8-19(9-6-13)15(20)12-4-7-18-14(10-12)11-17;/h4,7,10,13H,5-6,8-9,11,17H2,1-3H3;1H. The van der Waals surface area contributed by atoms with E-state index in [-0.39, 0.29) is 18.3 Å². The van der Waals surface area contributed by atoms with E-state index in [1.807, 2.05) is 4.90 Å². The molecule has 2 N–H and O–H groups in total. The number of pyridine rings is 1. The second-order valence-electron chi connectivity index (χ2n) is 6.67. The van der Waals surface area contributed by atoms with Crippen molar-refractivity contribution < 1.29 is 4.79 Å². The lowest BCUT2D eigenvalue weighted by Gasteiger charge is -2.38. The number of carbonyl (C=O) groups is 1. The van der Waals surface area contributed by atoms with Crippen molar-refractivity contribution >= 4 is 18.3 Å². The Kier molecular flexibility index (Phi) is 6.17. The van der Waals surface area contributed by atoms with Crippen LogP contribution in [0.2, 0.25) is 0 Å². The summed E-state index contributed by atoms with van der Waals surface area (Å²) in [5.74, 6) is 0.804. The molecule has 1 amide bonds. The van der Waals surface area contributed by atoms with Gasteiger partial charge in [0, 0.05) is 31.4 Å². The summed E-state index contributed by atoms with van der Waals surface area (Å²) in [6.07, 6.45) is 3.84. The number of rotatable bonds is 2. The molecule has 0 spiro atoms. The van der Waals surface area contributed by atoms with Crippen LogP contribution in [-0.4, -0.2) is 28.9 Å². The van der Waals surface area contributed by atoms with Gasteiger partial charge >= 0.3 is 0 Å². The number of hydrogen-bond acceptors (Lipinski definition) is 3. The lowest BCUT2D eigenvalue weighted by molar-refractivity contribution is 0.0608. The maximum Gasteiger partial charge on any atom is 0.253 e. The average molecular weight is 312 g/mol. The summed E-state index contributed by atoms with van der Waals surface area (Å²) in [6, 6.07) is 3.58. The molecule has 4 nitrogen and oxygen atoms in total. The van der Waals surface area contributed by atoms with Crippen molar-refractivity contribution in [3.63, 3.8) is 0 Å². The van der Waals surface area contributed by atoms with Crippen molar-refractivity contribution in [2.75, 3.05) is 13.1 Å². The highest BCUT2D eigenvalue weighted by Gasteiger charge is 2.30. The predicted molar refractivity (Wildman–Crippen MR) is 87.5 cm³/mol. The molecule has 1 fully saturated rings. The van der Waals surface area contributed by atoms with Gasteiger partial charge in [0.2, 0.25) is 0 Å². The molecular formula is C16H26ClN3O. The maximum absolute atomic E-state index is 12.5. The minimum Gasteiger partial charge on any atom is -0.339 e. The Morgan fingerprint density at radius 1 is 1.38 bits per heavy atom. The minimum absolute atomic E-state index is 0. The van der Waals surface area contributed by atoms with Gasteiger partial charge in [-0.2, -0.15) is 0 Å². The van der Waals surface area contributed by atoms with E-state index in [2.05, 4.69) is 25.8 Å². The first-order valence-electron chi connectivity index (χ1n) is 7.36. The van der Waals surface area contributed by atoms with Crippen molar-refractivity contribution in [2.45, 2.75) is 40.2 Å². The molecule has 118 valence electrons. The van der Waals surface area contributed by atoms with Crippen LogP contribution in [0, 0.1) is 11.3 Å². The number of amides is 1. The molecule has 2 rings (SSSR count). The largest absolute Gasteiger partial charge is 0.339 e. The fraction of sp³-hybridized carbons (Fsp3) is 0.625. The molecule has 0 bridgehead atoms.